The van der Waals surface area contributed by atoms with Crippen LogP contribution in [-0.4, -0.2) is 22.9 Å². The standard InChI is InChI=1S/C20H13ClN4O3/c21-15-3-1-12(2-4-15)19-14(10-23-25-19)7-13(9-22)20(26)24-16-5-6-17-18(8-16)28-11-27-17/h1-8,10H,11H2,(H,23,25)(H,24,26). The van der Waals surface area contributed by atoms with Crippen LogP contribution in [0.25, 0.3) is 17.3 Å². The Morgan fingerprint density at radius 2 is 2.00 bits per heavy atom. The lowest BCUT2D eigenvalue weighted by molar-refractivity contribution is -0.112. The van der Waals surface area contributed by atoms with Crippen molar-refractivity contribution in [3.05, 3.63) is 64.8 Å². The first-order chi connectivity index (χ1) is 13.6. The number of aromatic amines is 1. The van der Waals surface area contributed by atoms with E-state index >= 15 is 0 Å². The van der Waals surface area contributed by atoms with Gasteiger partial charge in [0.1, 0.15) is 11.6 Å². The lowest BCUT2D eigenvalue weighted by Gasteiger charge is -2.06. The van der Waals surface area contributed by atoms with Gasteiger partial charge in [0.2, 0.25) is 6.79 Å². The molecule has 1 aliphatic rings. The van der Waals surface area contributed by atoms with Gasteiger partial charge >= 0.3 is 0 Å². The van der Waals surface area contributed by atoms with Crippen LogP contribution in [0.1, 0.15) is 5.56 Å². The van der Waals surface area contributed by atoms with Crippen molar-refractivity contribution in [3.63, 3.8) is 0 Å². The number of halogens is 1. The number of nitriles is 1. The molecule has 0 saturated heterocycles. The van der Waals surface area contributed by atoms with Crippen molar-refractivity contribution in [1.82, 2.24) is 10.2 Å². The van der Waals surface area contributed by atoms with Gasteiger partial charge in [-0.05, 0) is 30.3 Å². The van der Waals surface area contributed by atoms with Crippen molar-refractivity contribution in [2.24, 2.45) is 0 Å². The van der Waals surface area contributed by atoms with Crippen molar-refractivity contribution < 1.29 is 14.3 Å². The first-order valence-corrected chi connectivity index (χ1v) is 8.64. The molecule has 138 valence electrons. The van der Waals surface area contributed by atoms with Crippen LogP contribution in [0.3, 0.4) is 0 Å². The molecule has 0 bridgehead atoms. The largest absolute Gasteiger partial charge is 0.454 e. The number of ether oxygens (including phenoxy) is 2. The molecular formula is C20H13ClN4O3. The maximum absolute atomic E-state index is 12.5. The molecule has 1 amide bonds. The minimum Gasteiger partial charge on any atom is -0.454 e. The van der Waals surface area contributed by atoms with Gasteiger partial charge in [-0.2, -0.15) is 10.4 Å². The number of hydrogen-bond acceptors (Lipinski definition) is 5. The van der Waals surface area contributed by atoms with Crippen LogP contribution in [0.15, 0.2) is 54.2 Å². The highest BCUT2D eigenvalue weighted by atomic mass is 35.5. The minimum atomic E-state index is -0.537. The van der Waals surface area contributed by atoms with Gasteiger partial charge in [-0.3, -0.25) is 9.89 Å². The Hall–Kier alpha value is -3.76. The molecule has 0 radical (unpaired) electrons. The fourth-order valence-corrected chi connectivity index (χ4v) is 2.86. The summed E-state index contributed by atoms with van der Waals surface area (Å²) in [5.74, 6) is 0.616. The molecule has 4 rings (SSSR count). The number of amides is 1. The van der Waals surface area contributed by atoms with Crippen molar-refractivity contribution in [1.29, 1.82) is 5.26 Å². The average Bonchev–Trinajstić information content (AvgIpc) is 3.35. The van der Waals surface area contributed by atoms with Gasteiger partial charge in [0.25, 0.3) is 5.91 Å². The van der Waals surface area contributed by atoms with E-state index in [-0.39, 0.29) is 12.4 Å². The summed E-state index contributed by atoms with van der Waals surface area (Å²) in [7, 11) is 0. The molecule has 0 unspecified atom stereocenters. The number of rotatable bonds is 4. The van der Waals surface area contributed by atoms with Crippen LogP contribution in [-0.2, 0) is 4.79 Å². The zero-order chi connectivity index (χ0) is 19.5. The molecule has 8 heteroatoms. The quantitative estimate of drug-likeness (QED) is 0.516. The summed E-state index contributed by atoms with van der Waals surface area (Å²) in [6, 6.07) is 14.1. The number of nitrogens with one attached hydrogen (secondary N) is 2. The monoisotopic (exact) mass is 392 g/mol. The maximum atomic E-state index is 12.5. The van der Waals surface area contributed by atoms with Gasteiger partial charge in [0, 0.05) is 27.9 Å². The third-order valence-electron chi connectivity index (χ3n) is 4.10. The van der Waals surface area contributed by atoms with E-state index in [4.69, 9.17) is 21.1 Å². The average molecular weight is 393 g/mol. The van der Waals surface area contributed by atoms with Crippen molar-refractivity contribution in [2.45, 2.75) is 0 Å². The van der Waals surface area contributed by atoms with Crippen LogP contribution in [0.2, 0.25) is 5.02 Å². The van der Waals surface area contributed by atoms with Crippen molar-refractivity contribution >= 4 is 29.3 Å². The second-order valence-corrected chi connectivity index (χ2v) is 6.34. The van der Waals surface area contributed by atoms with Crippen LogP contribution in [0, 0.1) is 11.3 Å². The number of hydrogen-bond donors (Lipinski definition) is 2. The van der Waals surface area contributed by atoms with Gasteiger partial charge in [0.05, 0.1) is 11.9 Å². The number of benzene rings is 2. The SMILES string of the molecule is N#CC(=Cc1cn[nH]c1-c1ccc(Cl)cc1)C(=O)Nc1ccc2c(c1)OCO2. The van der Waals surface area contributed by atoms with Gasteiger partial charge in [-0.25, -0.2) is 0 Å². The first-order valence-electron chi connectivity index (χ1n) is 8.26. The second kappa shape index (κ2) is 7.47. The molecule has 28 heavy (non-hydrogen) atoms. The van der Waals surface area contributed by atoms with Crippen LogP contribution in [0.5, 0.6) is 11.5 Å². The van der Waals surface area contributed by atoms with Crippen molar-refractivity contribution in [3.8, 4) is 28.8 Å². The summed E-state index contributed by atoms with van der Waals surface area (Å²) in [5, 5.41) is 19.7. The number of carbonyl (C=O) groups excluding carboxylic acids is 1. The van der Waals surface area contributed by atoms with E-state index in [1.165, 1.54) is 6.08 Å². The number of carbonyl (C=O) groups is 1. The van der Waals surface area contributed by atoms with E-state index in [1.54, 1.807) is 36.5 Å². The van der Waals surface area contributed by atoms with Crippen LogP contribution < -0.4 is 14.8 Å². The predicted octanol–water partition coefficient (Wildman–Crippen LogP) is 4.00. The Morgan fingerprint density at radius 3 is 2.79 bits per heavy atom. The molecule has 2 aromatic carbocycles. The van der Waals surface area contributed by atoms with Gasteiger partial charge in [-0.15, -0.1) is 0 Å². The highest BCUT2D eigenvalue weighted by Crippen LogP contribution is 2.34. The number of H-pyrrole nitrogens is 1. The summed E-state index contributed by atoms with van der Waals surface area (Å²) >= 11 is 5.92. The summed E-state index contributed by atoms with van der Waals surface area (Å²) in [6.45, 7) is 0.143. The fraction of sp³-hybridized carbons (Fsp3) is 0.0500. The normalized spacial score (nSPS) is 12.5. The lowest BCUT2D eigenvalue weighted by atomic mass is 10.1. The molecule has 0 saturated carbocycles. The van der Waals surface area contributed by atoms with E-state index in [9.17, 15) is 10.1 Å². The van der Waals surface area contributed by atoms with Crippen LogP contribution in [0.4, 0.5) is 5.69 Å². The molecular weight excluding hydrogens is 380 g/mol. The minimum absolute atomic E-state index is 0.0609. The molecule has 3 aromatic rings. The molecule has 2 heterocycles. The smallest absolute Gasteiger partial charge is 0.266 e. The summed E-state index contributed by atoms with van der Waals surface area (Å²) in [4.78, 5) is 12.5. The summed E-state index contributed by atoms with van der Waals surface area (Å²) in [6.07, 6.45) is 3.03. The molecule has 0 atom stereocenters. The fourth-order valence-electron chi connectivity index (χ4n) is 2.73. The van der Waals surface area contributed by atoms with E-state index in [2.05, 4.69) is 15.5 Å². The molecule has 1 aromatic heterocycles. The van der Waals surface area contributed by atoms with E-state index < -0.39 is 5.91 Å². The zero-order valence-corrected chi connectivity index (χ0v) is 15.2. The Kier molecular flexibility index (Phi) is 4.70. The zero-order valence-electron chi connectivity index (χ0n) is 14.4. The number of aromatic nitrogens is 2. The third-order valence-corrected chi connectivity index (χ3v) is 4.35. The third kappa shape index (κ3) is 3.54. The van der Waals surface area contributed by atoms with E-state index in [0.29, 0.717) is 33.5 Å². The Balaban J connectivity index is 1.58. The first kappa shape index (κ1) is 17.6. The highest BCUT2D eigenvalue weighted by molar-refractivity contribution is 6.30. The molecule has 7 nitrogen and oxygen atoms in total. The number of nitrogens with zero attached hydrogens (tertiary/aromatic N) is 2. The Morgan fingerprint density at radius 1 is 1.21 bits per heavy atom. The molecule has 0 spiro atoms. The molecule has 0 fully saturated rings. The number of anilines is 1. The van der Waals surface area contributed by atoms with Crippen molar-refractivity contribution in [2.75, 3.05) is 12.1 Å². The maximum Gasteiger partial charge on any atom is 0.266 e. The number of fused-ring (bicyclic) bond motifs is 1. The van der Waals surface area contributed by atoms with Gasteiger partial charge in [0.15, 0.2) is 11.5 Å². The van der Waals surface area contributed by atoms with Crippen LogP contribution >= 0.6 is 11.6 Å². The Bertz CT molecular complexity index is 1110. The Labute approximate surface area is 165 Å². The van der Waals surface area contributed by atoms with E-state index in [0.717, 1.165) is 5.56 Å². The lowest BCUT2D eigenvalue weighted by Crippen LogP contribution is -2.13. The summed E-state index contributed by atoms with van der Waals surface area (Å²) < 4.78 is 10.5. The van der Waals surface area contributed by atoms with Gasteiger partial charge < -0.3 is 14.8 Å². The second-order valence-electron chi connectivity index (χ2n) is 5.90. The highest BCUT2D eigenvalue weighted by Gasteiger charge is 2.16. The van der Waals surface area contributed by atoms with E-state index in [1.807, 2.05) is 18.2 Å². The molecule has 2 N–H and O–H groups in total. The topological polar surface area (TPSA) is 100 Å². The molecule has 1 aliphatic heterocycles. The summed E-state index contributed by atoms with van der Waals surface area (Å²) in [5.41, 5.74) is 2.57. The molecule has 0 aliphatic carbocycles. The van der Waals surface area contributed by atoms with Gasteiger partial charge in [-0.1, -0.05) is 23.7 Å². The predicted molar refractivity (Wildman–Crippen MR) is 104 cm³/mol.